The molecule has 3 nitrogen and oxygen atoms in total. The van der Waals surface area contributed by atoms with E-state index in [1.54, 1.807) is 30.3 Å². The normalized spacial score (nSPS) is 11.1. The van der Waals surface area contributed by atoms with Gasteiger partial charge in [0.2, 0.25) is 0 Å². The third-order valence-corrected chi connectivity index (χ3v) is 3.38. The molecule has 82 valence electrons. The Morgan fingerprint density at radius 3 is 2.13 bits per heavy atom. The van der Waals surface area contributed by atoms with Crippen molar-refractivity contribution in [3.8, 4) is 0 Å². The van der Waals surface area contributed by atoms with Gasteiger partial charge >= 0.3 is 0 Å². The first kappa shape index (κ1) is 12.5. The first-order valence-electron chi connectivity index (χ1n) is 3.97. The second-order valence-corrected chi connectivity index (χ2v) is 5.21. The molecule has 0 spiro atoms. The molecule has 0 amide bonds. The Morgan fingerprint density at radius 1 is 1.20 bits per heavy atom. The average molecular weight is 267 g/mol. The van der Waals surface area contributed by atoms with Gasteiger partial charge in [-0.05, 0) is 5.56 Å². The lowest BCUT2D eigenvalue weighted by atomic mass is 10.1. The molecule has 0 bridgehead atoms. The summed E-state index contributed by atoms with van der Waals surface area (Å²) in [5, 5.41) is 0. The largest absolute Gasteiger partial charge is 0.293 e. The van der Waals surface area contributed by atoms with Crippen LogP contribution in [0.25, 0.3) is 0 Å². The highest BCUT2D eigenvalue weighted by Crippen LogP contribution is 2.22. The van der Waals surface area contributed by atoms with Gasteiger partial charge in [-0.25, -0.2) is 0 Å². The van der Waals surface area contributed by atoms with Crippen molar-refractivity contribution in [3.63, 3.8) is 0 Å². The molecule has 0 heterocycles. The summed E-state index contributed by atoms with van der Waals surface area (Å²) in [6.07, 6.45) is -0.0258. The molecule has 0 aliphatic rings. The van der Waals surface area contributed by atoms with E-state index in [1.165, 1.54) is 0 Å². The molecule has 1 rings (SSSR count). The van der Waals surface area contributed by atoms with Crippen molar-refractivity contribution in [3.05, 3.63) is 45.3 Å². The van der Waals surface area contributed by atoms with Crippen molar-refractivity contribution >= 4 is 33.3 Å². The number of benzene rings is 1. The van der Waals surface area contributed by atoms with E-state index in [4.69, 9.17) is 27.8 Å². The van der Waals surface area contributed by atoms with Crippen LogP contribution < -0.4 is 0 Å². The molecule has 1 aromatic rings. The minimum Gasteiger partial charge on any atom is -0.282 e. The Hall–Kier alpha value is -0.550. The summed E-state index contributed by atoms with van der Waals surface area (Å²) in [5.74, 6) is 0. The molecule has 0 aliphatic heterocycles. The fourth-order valence-corrected chi connectivity index (χ4v) is 2.30. The van der Waals surface area contributed by atoms with Crippen LogP contribution in [0.4, 0.5) is 0 Å². The summed E-state index contributed by atoms with van der Waals surface area (Å²) in [4.78, 5) is -0.392. The summed E-state index contributed by atoms with van der Waals surface area (Å²) in [6.45, 7) is 0. The van der Waals surface area contributed by atoms with E-state index in [0.717, 1.165) is 0 Å². The van der Waals surface area contributed by atoms with Crippen LogP contribution in [0.2, 0.25) is 0 Å². The Morgan fingerprint density at radius 2 is 1.73 bits per heavy atom. The van der Waals surface area contributed by atoms with Crippen LogP contribution in [0.5, 0.6) is 0 Å². The molecule has 6 heteroatoms. The van der Waals surface area contributed by atoms with E-state index < -0.39 is 19.5 Å². The average Bonchev–Trinajstić information content (AvgIpc) is 2.13. The van der Waals surface area contributed by atoms with Gasteiger partial charge in [0.15, 0.2) is 0 Å². The fourth-order valence-electron chi connectivity index (χ4n) is 1.04. The highest BCUT2D eigenvalue weighted by Gasteiger charge is 2.18. The van der Waals surface area contributed by atoms with Gasteiger partial charge in [-0.15, -0.1) is 0 Å². The van der Waals surface area contributed by atoms with Crippen molar-refractivity contribution in [1.29, 1.82) is 0 Å². The smallest absolute Gasteiger partial charge is 0.282 e. The molecule has 0 unspecified atom stereocenters. The van der Waals surface area contributed by atoms with Gasteiger partial charge in [-0.2, -0.15) is 8.42 Å². The molecule has 0 atom stereocenters. The monoisotopic (exact) mass is 266 g/mol. The Kier molecular flexibility index (Phi) is 4.16. The number of allylic oxidation sites excluding steroid dienone is 1. The molecular weight excluding hydrogens is 259 g/mol. The SMILES string of the molecule is O=S(=O)(O)C(Cc1ccccc1)=C(Cl)Cl. The lowest BCUT2D eigenvalue weighted by molar-refractivity contribution is 0.490. The number of rotatable bonds is 3. The molecule has 1 aromatic carbocycles. The molecular formula is C9H8Cl2O3S. The maximum Gasteiger partial charge on any atom is 0.293 e. The van der Waals surface area contributed by atoms with Gasteiger partial charge in [-0.1, -0.05) is 53.5 Å². The summed E-state index contributed by atoms with van der Waals surface area (Å²) in [5.41, 5.74) is 0.698. The predicted octanol–water partition coefficient (Wildman–Crippen LogP) is 2.76. The number of hydrogen-bond donors (Lipinski definition) is 1. The second kappa shape index (κ2) is 4.99. The van der Waals surface area contributed by atoms with Crippen molar-refractivity contribution in [2.45, 2.75) is 6.42 Å². The molecule has 15 heavy (non-hydrogen) atoms. The van der Waals surface area contributed by atoms with Gasteiger partial charge in [-0.3, -0.25) is 4.55 Å². The molecule has 0 aliphatic carbocycles. The highest BCUT2D eigenvalue weighted by atomic mass is 35.5. The van der Waals surface area contributed by atoms with Gasteiger partial charge < -0.3 is 0 Å². The Balaban J connectivity index is 3.04. The van der Waals surface area contributed by atoms with E-state index in [-0.39, 0.29) is 6.42 Å². The summed E-state index contributed by atoms with van der Waals surface area (Å²) < 4.78 is 30.2. The number of halogens is 2. The fraction of sp³-hybridized carbons (Fsp3) is 0.111. The molecule has 0 aromatic heterocycles. The van der Waals surface area contributed by atoms with E-state index in [2.05, 4.69) is 0 Å². The highest BCUT2D eigenvalue weighted by molar-refractivity contribution is 7.90. The number of hydrogen-bond acceptors (Lipinski definition) is 2. The van der Waals surface area contributed by atoms with Gasteiger partial charge in [0.1, 0.15) is 9.40 Å². The Labute approximate surface area is 98.1 Å². The van der Waals surface area contributed by atoms with Gasteiger partial charge in [0.25, 0.3) is 10.1 Å². The maximum absolute atomic E-state index is 10.9. The predicted molar refractivity (Wildman–Crippen MR) is 60.4 cm³/mol. The molecule has 1 N–H and O–H groups in total. The quantitative estimate of drug-likeness (QED) is 0.857. The van der Waals surface area contributed by atoms with Crippen LogP contribution in [0, 0.1) is 0 Å². The van der Waals surface area contributed by atoms with Crippen molar-refractivity contribution in [2.24, 2.45) is 0 Å². The lowest BCUT2D eigenvalue weighted by Gasteiger charge is -2.04. The van der Waals surface area contributed by atoms with Crippen molar-refractivity contribution < 1.29 is 13.0 Å². The first-order chi connectivity index (χ1) is 6.91. The van der Waals surface area contributed by atoms with Crippen LogP contribution >= 0.6 is 23.2 Å². The molecule has 0 fully saturated rings. The topological polar surface area (TPSA) is 54.4 Å². The summed E-state index contributed by atoms with van der Waals surface area (Å²) in [6, 6.07) is 8.71. The van der Waals surface area contributed by atoms with Crippen LogP contribution in [-0.4, -0.2) is 13.0 Å². The third kappa shape index (κ3) is 3.83. The first-order valence-corrected chi connectivity index (χ1v) is 6.16. The molecule has 0 saturated heterocycles. The molecule has 0 radical (unpaired) electrons. The third-order valence-electron chi connectivity index (χ3n) is 1.73. The Bertz CT molecular complexity index is 461. The zero-order valence-corrected chi connectivity index (χ0v) is 9.85. The van der Waals surface area contributed by atoms with E-state index in [9.17, 15) is 8.42 Å². The van der Waals surface area contributed by atoms with Crippen molar-refractivity contribution in [1.82, 2.24) is 0 Å². The zero-order valence-electron chi connectivity index (χ0n) is 7.52. The zero-order chi connectivity index (χ0) is 11.5. The minimum atomic E-state index is -4.35. The van der Waals surface area contributed by atoms with E-state index in [1.807, 2.05) is 0 Å². The van der Waals surface area contributed by atoms with E-state index in [0.29, 0.717) is 5.56 Å². The summed E-state index contributed by atoms with van der Waals surface area (Å²) in [7, 11) is -4.35. The van der Waals surface area contributed by atoms with Crippen LogP contribution in [0.3, 0.4) is 0 Å². The second-order valence-electron chi connectivity index (χ2n) is 2.82. The van der Waals surface area contributed by atoms with Crippen LogP contribution in [0.1, 0.15) is 5.56 Å². The lowest BCUT2D eigenvalue weighted by Crippen LogP contribution is -2.05. The van der Waals surface area contributed by atoms with Gasteiger partial charge in [0, 0.05) is 6.42 Å². The summed E-state index contributed by atoms with van der Waals surface area (Å²) >= 11 is 10.8. The van der Waals surface area contributed by atoms with E-state index >= 15 is 0 Å². The van der Waals surface area contributed by atoms with Crippen molar-refractivity contribution in [2.75, 3.05) is 0 Å². The minimum absolute atomic E-state index is 0.0258. The standard InChI is InChI=1S/C9H8Cl2O3S/c10-9(11)8(15(12,13)14)6-7-4-2-1-3-5-7/h1-5H,6H2,(H,12,13,14). The van der Waals surface area contributed by atoms with Crippen LogP contribution in [-0.2, 0) is 16.5 Å². The van der Waals surface area contributed by atoms with Gasteiger partial charge in [0.05, 0.1) is 0 Å². The molecule has 0 saturated carbocycles. The maximum atomic E-state index is 10.9. The van der Waals surface area contributed by atoms with Crippen LogP contribution in [0.15, 0.2) is 39.7 Å².